The molecule has 3 aromatic rings. The Bertz CT molecular complexity index is 984. The Hall–Kier alpha value is -3.67. The molecule has 0 bridgehead atoms. The minimum atomic E-state index is -0.673. The van der Waals surface area contributed by atoms with Crippen molar-refractivity contribution < 1.29 is 28.2 Å². The molecule has 0 N–H and O–H groups in total. The van der Waals surface area contributed by atoms with Crippen LogP contribution in [0.4, 0.5) is 4.39 Å². The van der Waals surface area contributed by atoms with Gasteiger partial charge in [-0.05, 0) is 48.0 Å². The van der Waals surface area contributed by atoms with Gasteiger partial charge in [0.1, 0.15) is 12.4 Å². The largest absolute Gasteiger partial charge is 0.493 e. The van der Waals surface area contributed by atoms with Gasteiger partial charge in [0.05, 0.1) is 12.7 Å². The molecule has 0 atom stereocenters. The normalized spacial score (nSPS) is 10.3. The summed E-state index contributed by atoms with van der Waals surface area (Å²) in [5.41, 5.74) is 1.49. The molecular weight excluding hydrogens is 375 g/mol. The molecule has 0 aliphatic rings. The lowest BCUT2D eigenvalue weighted by atomic mass is 10.1. The van der Waals surface area contributed by atoms with E-state index in [1.54, 1.807) is 6.07 Å². The van der Waals surface area contributed by atoms with E-state index in [1.165, 1.54) is 43.5 Å². The number of benzene rings is 3. The Morgan fingerprint density at radius 1 is 0.862 bits per heavy atom. The first-order valence-corrected chi connectivity index (χ1v) is 8.87. The summed E-state index contributed by atoms with van der Waals surface area (Å²) in [6.45, 7) is -0.0911. The average Bonchev–Trinajstić information content (AvgIpc) is 2.76. The molecule has 0 aliphatic carbocycles. The Kier molecular flexibility index (Phi) is 6.58. The van der Waals surface area contributed by atoms with Crippen molar-refractivity contribution in [2.45, 2.75) is 6.61 Å². The second kappa shape index (κ2) is 9.50. The first kappa shape index (κ1) is 20.1. The van der Waals surface area contributed by atoms with Gasteiger partial charge in [0.25, 0.3) is 0 Å². The van der Waals surface area contributed by atoms with Crippen molar-refractivity contribution in [2.24, 2.45) is 0 Å². The first-order valence-electron chi connectivity index (χ1n) is 8.87. The van der Waals surface area contributed by atoms with Gasteiger partial charge in [-0.1, -0.05) is 30.3 Å². The van der Waals surface area contributed by atoms with Crippen LogP contribution in [0.2, 0.25) is 0 Å². The highest BCUT2D eigenvalue weighted by atomic mass is 19.1. The second-order valence-corrected chi connectivity index (χ2v) is 6.15. The van der Waals surface area contributed by atoms with E-state index in [4.69, 9.17) is 14.2 Å². The maximum absolute atomic E-state index is 12.9. The summed E-state index contributed by atoms with van der Waals surface area (Å²) >= 11 is 0. The van der Waals surface area contributed by atoms with Crippen LogP contribution in [-0.2, 0) is 11.3 Å². The Balaban J connectivity index is 1.61. The molecular formula is C23H19FO5. The van der Waals surface area contributed by atoms with E-state index < -0.39 is 24.2 Å². The summed E-state index contributed by atoms with van der Waals surface area (Å²) in [5.74, 6) is -0.683. The molecule has 0 heterocycles. The zero-order valence-electron chi connectivity index (χ0n) is 15.8. The molecule has 5 nitrogen and oxygen atoms in total. The summed E-state index contributed by atoms with van der Waals surface area (Å²) in [6, 6.07) is 19.3. The highest BCUT2D eigenvalue weighted by molar-refractivity contribution is 5.99. The smallest absolute Gasteiger partial charge is 0.338 e. The molecule has 148 valence electrons. The summed E-state index contributed by atoms with van der Waals surface area (Å²) in [4.78, 5) is 24.3. The second-order valence-electron chi connectivity index (χ2n) is 6.15. The zero-order valence-corrected chi connectivity index (χ0v) is 15.8. The van der Waals surface area contributed by atoms with Crippen LogP contribution < -0.4 is 9.47 Å². The van der Waals surface area contributed by atoms with E-state index in [1.807, 2.05) is 30.3 Å². The van der Waals surface area contributed by atoms with Gasteiger partial charge in [0, 0.05) is 5.56 Å². The van der Waals surface area contributed by atoms with E-state index in [2.05, 4.69) is 0 Å². The van der Waals surface area contributed by atoms with Gasteiger partial charge in [-0.2, -0.15) is 0 Å². The quantitative estimate of drug-likeness (QED) is 0.417. The third-order valence-corrected chi connectivity index (χ3v) is 4.14. The van der Waals surface area contributed by atoms with Crippen molar-refractivity contribution in [3.63, 3.8) is 0 Å². The molecule has 6 heteroatoms. The molecule has 0 radical (unpaired) electrons. The molecule has 0 fully saturated rings. The third-order valence-electron chi connectivity index (χ3n) is 4.14. The number of carbonyl (C=O) groups is 2. The molecule has 0 unspecified atom stereocenters. The number of hydrogen-bond donors (Lipinski definition) is 0. The van der Waals surface area contributed by atoms with Crippen LogP contribution >= 0.6 is 0 Å². The number of carbonyl (C=O) groups excluding carboxylic acids is 2. The number of methoxy groups -OCH3 is 1. The predicted molar refractivity (Wildman–Crippen MR) is 105 cm³/mol. The highest BCUT2D eigenvalue weighted by Crippen LogP contribution is 2.29. The zero-order chi connectivity index (χ0) is 20.6. The topological polar surface area (TPSA) is 61.8 Å². The Morgan fingerprint density at radius 2 is 1.55 bits per heavy atom. The summed E-state index contributed by atoms with van der Waals surface area (Å²) in [7, 11) is 1.47. The van der Waals surface area contributed by atoms with Crippen molar-refractivity contribution in [2.75, 3.05) is 13.7 Å². The van der Waals surface area contributed by atoms with Gasteiger partial charge in [-0.3, -0.25) is 4.79 Å². The van der Waals surface area contributed by atoms with Crippen molar-refractivity contribution >= 4 is 11.8 Å². The fourth-order valence-corrected chi connectivity index (χ4v) is 2.58. The van der Waals surface area contributed by atoms with Gasteiger partial charge in [-0.15, -0.1) is 0 Å². The fraction of sp³-hybridized carbons (Fsp3) is 0.130. The number of Topliss-reactive ketones (excluding diaryl/α,β-unsaturated/α-hetero) is 1. The monoisotopic (exact) mass is 394 g/mol. The van der Waals surface area contributed by atoms with Crippen LogP contribution in [-0.4, -0.2) is 25.5 Å². The average molecular weight is 394 g/mol. The van der Waals surface area contributed by atoms with E-state index in [9.17, 15) is 14.0 Å². The Morgan fingerprint density at radius 3 is 2.24 bits per heavy atom. The van der Waals surface area contributed by atoms with Crippen molar-refractivity contribution in [3.8, 4) is 11.5 Å². The maximum atomic E-state index is 12.9. The van der Waals surface area contributed by atoms with Gasteiger partial charge < -0.3 is 14.2 Å². The van der Waals surface area contributed by atoms with E-state index in [0.29, 0.717) is 18.1 Å². The van der Waals surface area contributed by atoms with Gasteiger partial charge in [-0.25, -0.2) is 9.18 Å². The first-order chi connectivity index (χ1) is 14.1. The maximum Gasteiger partial charge on any atom is 0.338 e. The van der Waals surface area contributed by atoms with Crippen LogP contribution in [0.15, 0.2) is 72.8 Å². The summed E-state index contributed by atoms with van der Waals surface area (Å²) in [5, 5.41) is 0. The van der Waals surface area contributed by atoms with E-state index in [-0.39, 0.29) is 11.1 Å². The minimum absolute atomic E-state index is 0.223. The van der Waals surface area contributed by atoms with Crippen molar-refractivity contribution in [1.29, 1.82) is 0 Å². The number of rotatable bonds is 8. The lowest BCUT2D eigenvalue weighted by Gasteiger charge is -2.12. The van der Waals surface area contributed by atoms with E-state index >= 15 is 0 Å². The molecule has 0 spiro atoms. The standard InChI is InChI=1S/C23H19FO5/c1-27-22-13-18(9-12-21(22)28-14-16-5-3-2-4-6-16)23(26)29-15-20(25)17-7-10-19(24)11-8-17/h2-13H,14-15H2,1H3. The molecule has 0 aromatic heterocycles. The molecule has 29 heavy (non-hydrogen) atoms. The number of hydrogen-bond acceptors (Lipinski definition) is 5. The predicted octanol–water partition coefficient (Wildman–Crippen LogP) is 4.45. The number of halogens is 1. The molecule has 0 aliphatic heterocycles. The SMILES string of the molecule is COc1cc(C(=O)OCC(=O)c2ccc(F)cc2)ccc1OCc1ccccc1. The Labute approximate surface area is 167 Å². The molecule has 0 saturated carbocycles. The lowest BCUT2D eigenvalue weighted by molar-refractivity contribution is 0.0474. The number of ketones is 1. The minimum Gasteiger partial charge on any atom is -0.493 e. The molecule has 3 aromatic carbocycles. The summed E-state index contributed by atoms with van der Waals surface area (Å²) < 4.78 is 29.0. The van der Waals surface area contributed by atoms with Gasteiger partial charge in [0.15, 0.2) is 23.9 Å². The third kappa shape index (κ3) is 5.42. The molecule has 3 rings (SSSR count). The molecule has 0 amide bonds. The fourth-order valence-electron chi connectivity index (χ4n) is 2.58. The van der Waals surface area contributed by atoms with Gasteiger partial charge >= 0.3 is 5.97 Å². The van der Waals surface area contributed by atoms with Gasteiger partial charge in [0.2, 0.25) is 0 Å². The van der Waals surface area contributed by atoms with Crippen LogP contribution in [0.5, 0.6) is 11.5 Å². The number of ether oxygens (including phenoxy) is 3. The molecule has 0 saturated heterocycles. The van der Waals surface area contributed by atoms with Crippen molar-refractivity contribution in [3.05, 3.63) is 95.3 Å². The highest BCUT2D eigenvalue weighted by Gasteiger charge is 2.15. The van der Waals surface area contributed by atoms with Crippen molar-refractivity contribution in [1.82, 2.24) is 0 Å². The van der Waals surface area contributed by atoms with E-state index in [0.717, 1.165) is 5.56 Å². The number of esters is 1. The van der Waals surface area contributed by atoms with Crippen LogP contribution in [0.25, 0.3) is 0 Å². The summed E-state index contributed by atoms with van der Waals surface area (Å²) in [6.07, 6.45) is 0. The van der Waals surface area contributed by atoms with Crippen LogP contribution in [0, 0.1) is 5.82 Å². The lowest BCUT2D eigenvalue weighted by Crippen LogP contribution is -2.14. The van der Waals surface area contributed by atoms with Crippen LogP contribution in [0.1, 0.15) is 26.3 Å². The van der Waals surface area contributed by atoms with Crippen LogP contribution in [0.3, 0.4) is 0 Å².